The van der Waals surface area contributed by atoms with E-state index in [2.05, 4.69) is 59.0 Å². The van der Waals surface area contributed by atoms with Gasteiger partial charge in [-0.1, -0.05) is 24.3 Å². The number of hydrogen-bond donors (Lipinski definition) is 1. The van der Waals surface area contributed by atoms with Gasteiger partial charge in [-0.25, -0.2) is 0 Å². The number of carbonyl (C=O) groups excluding carboxylic acids is 1. The van der Waals surface area contributed by atoms with Gasteiger partial charge < -0.3 is 14.6 Å². The van der Waals surface area contributed by atoms with E-state index in [0.29, 0.717) is 12.1 Å². The Labute approximate surface area is 178 Å². The fourth-order valence-corrected chi connectivity index (χ4v) is 4.00. The average molecular weight is 404 g/mol. The van der Waals surface area contributed by atoms with Crippen molar-refractivity contribution in [3.05, 3.63) is 88.7 Å². The standard InChI is InChI=1S/C25H29N3O2/c1-19-7-8-20(2)28(19)24-11-9-21(10-12-24)25(29)26-17-22-5-3-4-6-23(22)18-27-13-15-30-16-14-27/h3-12H,13-18H2,1-2H3,(H,26,29). The number of benzene rings is 2. The van der Waals surface area contributed by atoms with Crippen molar-refractivity contribution < 1.29 is 9.53 Å². The number of nitrogens with one attached hydrogen (secondary N) is 1. The maximum absolute atomic E-state index is 12.7. The van der Waals surface area contributed by atoms with E-state index in [1.807, 2.05) is 30.3 Å². The van der Waals surface area contributed by atoms with E-state index in [4.69, 9.17) is 4.74 Å². The molecule has 5 heteroatoms. The van der Waals surface area contributed by atoms with E-state index in [-0.39, 0.29) is 5.91 Å². The molecule has 0 atom stereocenters. The second kappa shape index (κ2) is 9.28. The molecule has 1 amide bonds. The van der Waals surface area contributed by atoms with Crippen molar-refractivity contribution in [1.82, 2.24) is 14.8 Å². The fourth-order valence-electron chi connectivity index (χ4n) is 4.00. The minimum Gasteiger partial charge on any atom is -0.379 e. The first-order valence-corrected chi connectivity index (χ1v) is 10.5. The third kappa shape index (κ3) is 4.64. The number of aryl methyl sites for hydroxylation is 2. The van der Waals surface area contributed by atoms with Crippen LogP contribution in [0.25, 0.3) is 5.69 Å². The predicted molar refractivity (Wildman–Crippen MR) is 119 cm³/mol. The second-order valence-corrected chi connectivity index (χ2v) is 7.84. The van der Waals surface area contributed by atoms with Gasteiger partial charge in [0.05, 0.1) is 13.2 Å². The molecule has 0 saturated carbocycles. The Morgan fingerprint density at radius 1 is 0.900 bits per heavy atom. The Bertz CT molecular complexity index is 982. The van der Waals surface area contributed by atoms with Crippen LogP contribution in [0, 0.1) is 13.8 Å². The number of carbonyl (C=O) groups is 1. The summed E-state index contributed by atoms with van der Waals surface area (Å²) in [5.41, 5.74) is 6.53. The number of aromatic nitrogens is 1. The first-order chi connectivity index (χ1) is 14.6. The Balaban J connectivity index is 1.40. The van der Waals surface area contributed by atoms with Crippen LogP contribution in [-0.2, 0) is 17.8 Å². The molecule has 0 aliphatic carbocycles. The molecule has 5 nitrogen and oxygen atoms in total. The summed E-state index contributed by atoms with van der Waals surface area (Å²) in [4.78, 5) is 15.1. The molecule has 2 aromatic carbocycles. The molecular formula is C25H29N3O2. The summed E-state index contributed by atoms with van der Waals surface area (Å²) in [6.07, 6.45) is 0. The van der Waals surface area contributed by atoms with E-state index < -0.39 is 0 Å². The Kier molecular flexibility index (Phi) is 6.31. The number of morpholine rings is 1. The lowest BCUT2D eigenvalue weighted by Crippen LogP contribution is -2.36. The summed E-state index contributed by atoms with van der Waals surface area (Å²) in [6.45, 7) is 9.06. The van der Waals surface area contributed by atoms with Crippen LogP contribution >= 0.6 is 0 Å². The molecule has 3 aromatic rings. The van der Waals surface area contributed by atoms with E-state index in [9.17, 15) is 4.79 Å². The molecule has 0 unspecified atom stereocenters. The quantitative estimate of drug-likeness (QED) is 0.680. The Morgan fingerprint density at radius 3 is 2.20 bits per heavy atom. The molecule has 1 N–H and O–H groups in total. The molecule has 1 aliphatic rings. The van der Waals surface area contributed by atoms with Gasteiger partial charge in [-0.05, 0) is 61.4 Å². The lowest BCUT2D eigenvalue weighted by atomic mass is 10.1. The van der Waals surface area contributed by atoms with Crippen LogP contribution in [0.4, 0.5) is 0 Å². The van der Waals surface area contributed by atoms with Crippen LogP contribution in [0.3, 0.4) is 0 Å². The van der Waals surface area contributed by atoms with Gasteiger partial charge in [-0.15, -0.1) is 0 Å². The highest BCUT2D eigenvalue weighted by atomic mass is 16.5. The summed E-state index contributed by atoms with van der Waals surface area (Å²) in [6, 6.07) is 20.3. The van der Waals surface area contributed by atoms with Crippen molar-refractivity contribution in [3.8, 4) is 5.69 Å². The normalized spacial score (nSPS) is 14.6. The summed E-state index contributed by atoms with van der Waals surface area (Å²) in [5.74, 6) is -0.0522. The van der Waals surface area contributed by atoms with Crippen molar-refractivity contribution in [2.75, 3.05) is 26.3 Å². The molecule has 1 saturated heterocycles. The van der Waals surface area contributed by atoms with Crippen molar-refractivity contribution in [1.29, 1.82) is 0 Å². The van der Waals surface area contributed by atoms with Gasteiger partial charge in [0.25, 0.3) is 5.91 Å². The molecule has 0 bridgehead atoms. The van der Waals surface area contributed by atoms with Crippen LogP contribution in [0.2, 0.25) is 0 Å². The molecule has 0 spiro atoms. The van der Waals surface area contributed by atoms with Crippen LogP contribution in [0.5, 0.6) is 0 Å². The van der Waals surface area contributed by atoms with Gasteiger partial charge in [0.15, 0.2) is 0 Å². The Morgan fingerprint density at radius 2 is 1.53 bits per heavy atom. The molecule has 0 radical (unpaired) electrons. The van der Waals surface area contributed by atoms with Gasteiger partial charge in [-0.2, -0.15) is 0 Å². The largest absolute Gasteiger partial charge is 0.379 e. The summed E-state index contributed by atoms with van der Waals surface area (Å²) in [5, 5.41) is 3.08. The maximum Gasteiger partial charge on any atom is 0.251 e. The highest BCUT2D eigenvalue weighted by Gasteiger charge is 2.13. The van der Waals surface area contributed by atoms with Gasteiger partial charge in [0, 0.05) is 48.8 Å². The number of nitrogens with zero attached hydrogens (tertiary/aromatic N) is 2. The van der Waals surface area contributed by atoms with Crippen LogP contribution in [0.15, 0.2) is 60.7 Å². The van der Waals surface area contributed by atoms with Gasteiger partial charge in [-0.3, -0.25) is 9.69 Å². The fraction of sp³-hybridized carbons (Fsp3) is 0.320. The average Bonchev–Trinajstić information content (AvgIpc) is 3.12. The van der Waals surface area contributed by atoms with Crippen LogP contribution < -0.4 is 5.32 Å². The van der Waals surface area contributed by atoms with Crippen LogP contribution in [-0.4, -0.2) is 41.7 Å². The molecule has 1 aliphatic heterocycles. The van der Waals surface area contributed by atoms with Crippen LogP contribution in [0.1, 0.15) is 32.9 Å². The zero-order valence-electron chi connectivity index (χ0n) is 17.7. The maximum atomic E-state index is 12.7. The molecular weight excluding hydrogens is 374 g/mol. The number of ether oxygens (including phenoxy) is 1. The zero-order valence-corrected chi connectivity index (χ0v) is 17.7. The Hall–Kier alpha value is -2.89. The second-order valence-electron chi connectivity index (χ2n) is 7.84. The van der Waals surface area contributed by atoms with E-state index in [1.54, 1.807) is 0 Å². The molecule has 30 heavy (non-hydrogen) atoms. The first kappa shape index (κ1) is 20.4. The van der Waals surface area contributed by atoms with E-state index in [0.717, 1.165) is 44.1 Å². The number of hydrogen-bond acceptors (Lipinski definition) is 3. The lowest BCUT2D eigenvalue weighted by Gasteiger charge is -2.27. The number of amides is 1. The smallest absolute Gasteiger partial charge is 0.251 e. The lowest BCUT2D eigenvalue weighted by molar-refractivity contribution is 0.0340. The topological polar surface area (TPSA) is 46.5 Å². The number of rotatable bonds is 6. The zero-order chi connectivity index (χ0) is 20.9. The third-order valence-corrected chi connectivity index (χ3v) is 5.71. The van der Waals surface area contributed by atoms with Crippen molar-refractivity contribution in [3.63, 3.8) is 0 Å². The van der Waals surface area contributed by atoms with Crippen molar-refractivity contribution >= 4 is 5.91 Å². The first-order valence-electron chi connectivity index (χ1n) is 10.5. The van der Waals surface area contributed by atoms with Gasteiger partial charge in [0.1, 0.15) is 0 Å². The summed E-state index contributed by atoms with van der Waals surface area (Å²) >= 11 is 0. The van der Waals surface area contributed by atoms with E-state index in [1.165, 1.54) is 17.0 Å². The minimum atomic E-state index is -0.0522. The highest BCUT2D eigenvalue weighted by molar-refractivity contribution is 5.94. The van der Waals surface area contributed by atoms with Crippen molar-refractivity contribution in [2.45, 2.75) is 26.9 Å². The molecule has 2 heterocycles. The highest BCUT2D eigenvalue weighted by Crippen LogP contribution is 2.17. The minimum absolute atomic E-state index is 0.0522. The molecule has 156 valence electrons. The molecule has 4 rings (SSSR count). The third-order valence-electron chi connectivity index (χ3n) is 5.71. The van der Waals surface area contributed by atoms with Gasteiger partial charge in [0.2, 0.25) is 0 Å². The SMILES string of the molecule is Cc1ccc(C)n1-c1ccc(C(=O)NCc2ccccc2CN2CCOCC2)cc1. The molecule has 1 fully saturated rings. The van der Waals surface area contributed by atoms with E-state index >= 15 is 0 Å². The monoisotopic (exact) mass is 403 g/mol. The van der Waals surface area contributed by atoms with Crippen molar-refractivity contribution in [2.24, 2.45) is 0 Å². The summed E-state index contributed by atoms with van der Waals surface area (Å²) < 4.78 is 7.62. The molecule has 1 aromatic heterocycles. The predicted octanol–water partition coefficient (Wildman–Crippen LogP) is 3.86. The van der Waals surface area contributed by atoms with Gasteiger partial charge >= 0.3 is 0 Å². The summed E-state index contributed by atoms with van der Waals surface area (Å²) in [7, 11) is 0.